The quantitative estimate of drug-likeness (QED) is 0.717. The summed E-state index contributed by atoms with van der Waals surface area (Å²) in [5.74, 6) is -0.432. The Morgan fingerprint density at radius 2 is 2.19 bits per heavy atom. The zero-order chi connectivity index (χ0) is 12.0. The fraction of sp³-hybridized carbons (Fsp3) is 0.462. The average Bonchev–Trinajstić information content (AvgIpc) is 2.26. The number of aryl methyl sites for hydroxylation is 1. The van der Waals surface area contributed by atoms with Crippen molar-refractivity contribution in [2.24, 2.45) is 5.92 Å². The van der Waals surface area contributed by atoms with Crippen molar-refractivity contribution < 1.29 is 14.3 Å². The van der Waals surface area contributed by atoms with Gasteiger partial charge in [0.2, 0.25) is 0 Å². The Kier molecular flexibility index (Phi) is 4.99. The van der Waals surface area contributed by atoms with Crippen molar-refractivity contribution in [1.82, 2.24) is 0 Å². The molecule has 3 nitrogen and oxygen atoms in total. The number of ether oxygens (including phenoxy) is 2. The first-order valence-corrected chi connectivity index (χ1v) is 5.34. The van der Waals surface area contributed by atoms with Crippen molar-refractivity contribution in [2.75, 3.05) is 13.7 Å². The van der Waals surface area contributed by atoms with Gasteiger partial charge in [-0.1, -0.05) is 29.8 Å². The van der Waals surface area contributed by atoms with Crippen LogP contribution in [-0.4, -0.2) is 19.7 Å². The van der Waals surface area contributed by atoms with Gasteiger partial charge in [-0.15, -0.1) is 0 Å². The third kappa shape index (κ3) is 4.03. The Morgan fingerprint density at radius 3 is 2.81 bits per heavy atom. The first-order valence-electron chi connectivity index (χ1n) is 5.34. The summed E-state index contributed by atoms with van der Waals surface area (Å²) in [5.41, 5.74) is 2.18. The summed E-state index contributed by atoms with van der Waals surface area (Å²) in [7, 11) is 1.57. The molecule has 1 aromatic rings. The van der Waals surface area contributed by atoms with E-state index in [2.05, 4.69) is 0 Å². The Hall–Kier alpha value is -1.35. The van der Waals surface area contributed by atoms with Crippen LogP contribution in [0.2, 0.25) is 0 Å². The molecule has 0 saturated heterocycles. The Bertz CT molecular complexity index is 347. The van der Waals surface area contributed by atoms with E-state index in [1.807, 2.05) is 31.2 Å². The van der Waals surface area contributed by atoms with E-state index < -0.39 is 0 Å². The molecule has 0 aliphatic heterocycles. The normalized spacial score (nSPS) is 12.2. The number of methoxy groups -OCH3 is 1. The number of rotatable bonds is 5. The molecular weight excluding hydrogens is 204 g/mol. The van der Waals surface area contributed by atoms with Gasteiger partial charge in [-0.05, 0) is 19.4 Å². The monoisotopic (exact) mass is 222 g/mol. The molecule has 1 rings (SSSR count). The molecular formula is C13H18O3. The molecule has 88 valence electrons. The SMILES string of the molecule is COC[C@H](C)C(=O)OCc1cccc(C)c1. The molecule has 3 heteroatoms. The molecule has 0 radical (unpaired) electrons. The molecule has 0 unspecified atom stereocenters. The molecule has 0 fully saturated rings. The number of hydrogen-bond donors (Lipinski definition) is 0. The van der Waals surface area contributed by atoms with Gasteiger partial charge < -0.3 is 9.47 Å². The summed E-state index contributed by atoms with van der Waals surface area (Å²) < 4.78 is 10.1. The molecule has 0 aromatic heterocycles. The number of carbonyl (C=O) groups excluding carboxylic acids is 1. The predicted octanol–water partition coefficient (Wildman–Crippen LogP) is 2.32. The molecule has 0 spiro atoms. The Morgan fingerprint density at radius 1 is 1.44 bits per heavy atom. The lowest BCUT2D eigenvalue weighted by Crippen LogP contribution is -2.19. The number of benzene rings is 1. The van der Waals surface area contributed by atoms with Crippen LogP contribution in [0.25, 0.3) is 0 Å². The van der Waals surface area contributed by atoms with Crippen molar-refractivity contribution in [3.8, 4) is 0 Å². The number of carbonyl (C=O) groups is 1. The van der Waals surface area contributed by atoms with Crippen LogP contribution in [0.4, 0.5) is 0 Å². The highest BCUT2D eigenvalue weighted by atomic mass is 16.5. The van der Waals surface area contributed by atoms with Crippen LogP contribution in [-0.2, 0) is 20.9 Å². The van der Waals surface area contributed by atoms with Crippen LogP contribution in [0.1, 0.15) is 18.1 Å². The Labute approximate surface area is 96.4 Å². The predicted molar refractivity (Wildman–Crippen MR) is 62.0 cm³/mol. The van der Waals surface area contributed by atoms with Crippen LogP contribution in [0.3, 0.4) is 0 Å². The molecule has 0 heterocycles. The molecule has 0 amide bonds. The standard InChI is InChI=1S/C13H18O3/c1-10-5-4-6-12(7-10)9-16-13(14)11(2)8-15-3/h4-7,11H,8-9H2,1-3H3/t11-/m0/s1. The Balaban J connectivity index is 2.42. The largest absolute Gasteiger partial charge is 0.461 e. The molecule has 16 heavy (non-hydrogen) atoms. The van der Waals surface area contributed by atoms with Gasteiger partial charge in [-0.25, -0.2) is 0 Å². The maximum absolute atomic E-state index is 11.5. The second-order valence-electron chi connectivity index (χ2n) is 3.95. The zero-order valence-corrected chi connectivity index (χ0v) is 10.0. The molecule has 1 aromatic carbocycles. The van der Waals surface area contributed by atoms with Gasteiger partial charge in [0.15, 0.2) is 0 Å². The van der Waals surface area contributed by atoms with Crippen LogP contribution in [0.5, 0.6) is 0 Å². The zero-order valence-electron chi connectivity index (χ0n) is 10.0. The van der Waals surface area contributed by atoms with E-state index in [4.69, 9.17) is 9.47 Å². The van der Waals surface area contributed by atoms with Crippen molar-refractivity contribution in [3.63, 3.8) is 0 Å². The molecule has 1 atom stereocenters. The number of esters is 1. The molecule has 0 saturated carbocycles. The fourth-order valence-electron chi connectivity index (χ4n) is 1.42. The fourth-order valence-corrected chi connectivity index (χ4v) is 1.42. The van der Waals surface area contributed by atoms with Crippen LogP contribution < -0.4 is 0 Å². The highest BCUT2D eigenvalue weighted by Gasteiger charge is 2.13. The van der Waals surface area contributed by atoms with Gasteiger partial charge in [-0.2, -0.15) is 0 Å². The van der Waals surface area contributed by atoms with Crippen LogP contribution >= 0.6 is 0 Å². The molecule has 0 bridgehead atoms. The summed E-state index contributed by atoms with van der Waals surface area (Å²) in [6, 6.07) is 7.92. The lowest BCUT2D eigenvalue weighted by atomic mass is 10.1. The highest BCUT2D eigenvalue weighted by molar-refractivity contribution is 5.72. The average molecular weight is 222 g/mol. The van der Waals surface area contributed by atoms with Crippen molar-refractivity contribution >= 4 is 5.97 Å². The van der Waals surface area contributed by atoms with Gasteiger partial charge in [0, 0.05) is 7.11 Å². The van der Waals surface area contributed by atoms with Crippen molar-refractivity contribution in [2.45, 2.75) is 20.5 Å². The third-order valence-electron chi connectivity index (χ3n) is 2.28. The second kappa shape index (κ2) is 6.28. The minimum atomic E-state index is -0.219. The van der Waals surface area contributed by atoms with E-state index >= 15 is 0 Å². The summed E-state index contributed by atoms with van der Waals surface area (Å²) in [6.07, 6.45) is 0. The molecule has 0 N–H and O–H groups in total. The van der Waals surface area contributed by atoms with Gasteiger partial charge in [0.25, 0.3) is 0 Å². The highest BCUT2D eigenvalue weighted by Crippen LogP contribution is 2.07. The first-order chi connectivity index (χ1) is 7.63. The lowest BCUT2D eigenvalue weighted by molar-refractivity contribution is -0.150. The van der Waals surface area contributed by atoms with E-state index in [1.165, 1.54) is 5.56 Å². The first kappa shape index (κ1) is 12.7. The minimum Gasteiger partial charge on any atom is -0.461 e. The van der Waals surface area contributed by atoms with Gasteiger partial charge >= 0.3 is 5.97 Å². The molecule has 0 aliphatic rings. The maximum atomic E-state index is 11.5. The van der Waals surface area contributed by atoms with E-state index in [1.54, 1.807) is 14.0 Å². The summed E-state index contributed by atoms with van der Waals surface area (Å²) >= 11 is 0. The van der Waals surface area contributed by atoms with E-state index in [9.17, 15) is 4.79 Å². The van der Waals surface area contributed by atoms with Crippen molar-refractivity contribution in [1.29, 1.82) is 0 Å². The van der Waals surface area contributed by atoms with E-state index in [0.717, 1.165) is 5.56 Å². The summed E-state index contributed by atoms with van der Waals surface area (Å²) in [4.78, 5) is 11.5. The van der Waals surface area contributed by atoms with Crippen molar-refractivity contribution in [3.05, 3.63) is 35.4 Å². The van der Waals surface area contributed by atoms with Crippen LogP contribution in [0, 0.1) is 12.8 Å². The topological polar surface area (TPSA) is 35.5 Å². The van der Waals surface area contributed by atoms with E-state index in [-0.39, 0.29) is 11.9 Å². The lowest BCUT2D eigenvalue weighted by Gasteiger charge is -2.10. The van der Waals surface area contributed by atoms with Gasteiger partial charge in [0.1, 0.15) is 6.61 Å². The summed E-state index contributed by atoms with van der Waals surface area (Å²) in [5, 5.41) is 0. The summed E-state index contributed by atoms with van der Waals surface area (Å²) in [6.45, 7) is 4.53. The third-order valence-corrected chi connectivity index (χ3v) is 2.28. The maximum Gasteiger partial charge on any atom is 0.311 e. The van der Waals surface area contributed by atoms with E-state index in [0.29, 0.717) is 13.2 Å². The number of hydrogen-bond acceptors (Lipinski definition) is 3. The molecule has 0 aliphatic carbocycles. The second-order valence-corrected chi connectivity index (χ2v) is 3.95. The minimum absolute atomic E-state index is 0.213. The smallest absolute Gasteiger partial charge is 0.311 e. The van der Waals surface area contributed by atoms with Gasteiger partial charge in [0.05, 0.1) is 12.5 Å². The van der Waals surface area contributed by atoms with Gasteiger partial charge in [-0.3, -0.25) is 4.79 Å². The van der Waals surface area contributed by atoms with Crippen LogP contribution in [0.15, 0.2) is 24.3 Å².